The number of nitro groups is 1. The van der Waals surface area contributed by atoms with Crippen LogP contribution in [0.3, 0.4) is 0 Å². The molecule has 0 aliphatic carbocycles. The number of fused-ring (bicyclic) bond motifs is 1. The van der Waals surface area contributed by atoms with Crippen molar-refractivity contribution in [3.63, 3.8) is 0 Å². The van der Waals surface area contributed by atoms with Crippen molar-refractivity contribution in [1.29, 1.82) is 0 Å². The van der Waals surface area contributed by atoms with Gasteiger partial charge >= 0.3 is 6.09 Å². The predicted molar refractivity (Wildman–Crippen MR) is 109 cm³/mol. The molecule has 0 atom stereocenters. The van der Waals surface area contributed by atoms with Gasteiger partial charge in [0.25, 0.3) is 5.69 Å². The van der Waals surface area contributed by atoms with Crippen molar-refractivity contribution >= 4 is 28.9 Å². The second kappa shape index (κ2) is 8.86. The Morgan fingerprint density at radius 1 is 1.03 bits per heavy atom. The van der Waals surface area contributed by atoms with Crippen LogP contribution < -0.4 is 10.1 Å². The van der Waals surface area contributed by atoms with Crippen LogP contribution in [0.25, 0.3) is 11.2 Å². The van der Waals surface area contributed by atoms with Gasteiger partial charge in [-0.3, -0.25) is 15.4 Å². The molecule has 2 heterocycles. The molecule has 11 nitrogen and oxygen atoms in total. The van der Waals surface area contributed by atoms with E-state index >= 15 is 0 Å². The average molecular weight is 420 g/mol. The maximum absolute atomic E-state index is 12.1. The fraction of sp³-hybridized carbons (Fsp3) is 0.100. The molecule has 4 rings (SSSR count). The van der Waals surface area contributed by atoms with Gasteiger partial charge in [0.2, 0.25) is 11.8 Å². The van der Waals surface area contributed by atoms with E-state index in [-0.39, 0.29) is 30.7 Å². The molecule has 31 heavy (non-hydrogen) atoms. The number of rotatable bonds is 7. The minimum atomic E-state index is -0.786. The van der Waals surface area contributed by atoms with Gasteiger partial charge in [0, 0.05) is 12.1 Å². The molecule has 0 fully saturated rings. The van der Waals surface area contributed by atoms with Crippen LogP contribution in [0.15, 0.2) is 60.9 Å². The number of nitro benzene ring substituents is 1. The number of aromatic amines is 1. The van der Waals surface area contributed by atoms with Crippen molar-refractivity contribution in [3.05, 3.63) is 82.2 Å². The molecule has 0 saturated heterocycles. The lowest BCUT2D eigenvalue weighted by molar-refractivity contribution is -0.384. The maximum Gasteiger partial charge on any atom is 0.414 e. The second-order valence-electron chi connectivity index (χ2n) is 6.35. The van der Waals surface area contributed by atoms with Crippen molar-refractivity contribution in [2.24, 2.45) is 0 Å². The highest BCUT2D eigenvalue weighted by Gasteiger charge is 2.14. The molecule has 2 aromatic carbocycles. The molecule has 4 aromatic rings. The van der Waals surface area contributed by atoms with Crippen LogP contribution in [0.1, 0.15) is 11.1 Å². The Labute approximate surface area is 175 Å². The van der Waals surface area contributed by atoms with Crippen LogP contribution in [0, 0.1) is 10.1 Å². The number of amides is 1. The standard InChI is InChI=1S/C20H16N6O5/c27-20(31-11-14-6-8-15(9-7-14)26(28)29)25-19-23-17-16(21-12-22-17)18(24-19)30-10-13-4-2-1-3-5-13/h1-9,12H,10-11H2,(H2,21,22,23,24,25,27). The van der Waals surface area contributed by atoms with E-state index in [1.807, 2.05) is 30.3 Å². The van der Waals surface area contributed by atoms with Crippen molar-refractivity contribution in [1.82, 2.24) is 19.9 Å². The first-order valence-corrected chi connectivity index (χ1v) is 9.13. The number of carbonyl (C=O) groups is 1. The van der Waals surface area contributed by atoms with E-state index in [9.17, 15) is 14.9 Å². The summed E-state index contributed by atoms with van der Waals surface area (Å²) in [5, 5.41) is 13.1. The van der Waals surface area contributed by atoms with Crippen molar-refractivity contribution < 1.29 is 19.2 Å². The molecule has 2 aromatic heterocycles. The Morgan fingerprint density at radius 3 is 2.52 bits per heavy atom. The van der Waals surface area contributed by atoms with Gasteiger partial charge in [-0.1, -0.05) is 30.3 Å². The molecule has 0 aliphatic heterocycles. The Morgan fingerprint density at radius 2 is 1.77 bits per heavy atom. The number of carbonyl (C=O) groups excluding carboxylic acids is 1. The first-order chi connectivity index (χ1) is 15.1. The van der Waals surface area contributed by atoms with Crippen molar-refractivity contribution in [2.45, 2.75) is 13.2 Å². The molecule has 0 saturated carbocycles. The molecule has 11 heteroatoms. The summed E-state index contributed by atoms with van der Waals surface area (Å²) < 4.78 is 10.9. The van der Waals surface area contributed by atoms with E-state index in [4.69, 9.17) is 9.47 Å². The highest BCUT2D eigenvalue weighted by Crippen LogP contribution is 2.22. The van der Waals surface area contributed by atoms with Gasteiger partial charge in [0.15, 0.2) is 11.2 Å². The van der Waals surface area contributed by atoms with Crippen LogP contribution in [-0.2, 0) is 18.0 Å². The van der Waals surface area contributed by atoms with E-state index in [0.29, 0.717) is 16.7 Å². The number of hydrogen-bond donors (Lipinski definition) is 2. The number of ether oxygens (including phenoxy) is 2. The zero-order valence-corrected chi connectivity index (χ0v) is 16.0. The number of imidazole rings is 1. The molecule has 0 spiro atoms. The molecular formula is C20H16N6O5. The minimum Gasteiger partial charge on any atom is -0.471 e. The third-order valence-corrected chi connectivity index (χ3v) is 4.20. The number of nitrogens with zero attached hydrogens (tertiary/aromatic N) is 4. The topological polar surface area (TPSA) is 145 Å². The molecule has 0 unspecified atom stereocenters. The number of hydrogen-bond acceptors (Lipinski definition) is 8. The summed E-state index contributed by atoms with van der Waals surface area (Å²) >= 11 is 0. The molecule has 0 radical (unpaired) electrons. The fourth-order valence-corrected chi connectivity index (χ4v) is 2.68. The van der Waals surface area contributed by atoms with E-state index < -0.39 is 11.0 Å². The van der Waals surface area contributed by atoms with Crippen molar-refractivity contribution in [2.75, 3.05) is 5.32 Å². The smallest absolute Gasteiger partial charge is 0.414 e. The number of anilines is 1. The third kappa shape index (κ3) is 4.90. The number of H-pyrrole nitrogens is 1. The first-order valence-electron chi connectivity index (χ1n) is 9.13. The van der Waals surface area contributed by atoms with Gasteiger partial charge < -0.3 is 14.5 Å². The highest BCUT2D eigenvalue weighted by atomic mass is 16.6. The number of nitrogens with one attached hydrogen (secondary N) is 2. The lowest BCUT2D eigenvalue weighted by Crippen LogP contribution is -2.16. The van der Waals surface area contributed by atoms with Gasteiger partial charge in [0.05, 0.1) is 11.3 Å². The lowest BCUT2D eigenvalue weighted by Gasteiger charge is -2.09. The molecule has 0 aliphatic rings. The highest BCUT2D eigenvalue weighted by molar-refractivity contribution is 5.85. The van der Waals surface area contributed by atoms with E-state index in [0.717, 1.165) is 5.56 Å². The van der Waals surface area contributed by atoms with Crippen molar-refractivity contribution in [3.8, 4) is 5.88 Å². The number of non-ortho nitro benzene ring substituents is 1. The number of benzene rings is 2. The van der Waals surface area contributed by atoms with E-state index in [2.05, 4.69) is 25.3 Å². The summed E-state index contributed by atoms with van der Waals surface area (Å²) in [7, 11) is 0. The number of aromatic nitrogens is 4. The maximum atomic E-state index is 12.1. The molecule has 2 N–H and O–H groups in total. The normalized spacial score (nSPS) is 10.6. The second-order valence-corrected chi connectivity index (χ2v) is 6.35. The van der Waals surface area contributed by atoms with Gasteiger partial charge in [-0.2, -0.15) is 9.97 Å². The van der Waals surface area contributed by atoms with Crippen LogP contribution in [-0.4, -0.2) is 31.0 Å². The molecular weight excluding hydrogens is 404 g/mol. The summed E-state index contributed by atoms with van der Waals surface area (Å²) in [6.45, 7) is 0.192. The summed E-state index contributed by atoms with van der Waals surface area (Å²) in [4.78, 5) is 37.7. The molecule has 0 bridgehead atoms. The average Bonchev–Trinajstić information content (AvgIpc) is 3.26. The summed E-state index contributed by atoms with van der Waals surface area (Å²) in [5.74, 6) is 0.189. The lowest BCUT2D eigenvalue weighted by atomic mass is 10.2. The Bertz CT molecular complexity index is 1210. The quantitative estimate of drug-likeness (QED) is 0.341. The molecule has 1 amide bonds. The van der Waals surface area contributed by atoms with Crippen LogP contribution in [0.5, 0.6) is 5.88 Å². The van der Waals surface area contributed by atoms with Crippen LogP contribution in [0.4, 0.5) is 16.4 Å². The van der Waals surface area contributed by atoms with Gasteiger partial charge in [0.1, 0.15) is 13.2 Å². The zero-order valence-electron chi connectivity index (χ0n) is 16.0. The monoisotopic (exact) mass is 420 g/mol. The minimum absolute atomic E-state index is 0.0199. The predicted octanol–water partition coefficient (Wildman–Crippen LogP) is 3.59. The van der Waals surface area contributed by atoms with Gasteiger partial charge in [-0.15, -0.1) is 0 Å². The Kier molecular flexibility index (Phi) is 5.65. The zero-order chi connectivity index (χ0) is 21.6. The van der Waals surface area contributed by atoms with Crippen LogP contribution in [0.2, 0.25) is 0 Å². The third-order valence-electron chi connectivity index (χ3n) is 4.20. The summed E-state index contributed by atoms with van der Waals surface area (Å²) in [6.07, 6.45) is 0.664. The SMILES string of the molecule is O=C(Nc1nc(OCc2ccccc2)c2nc[nH]c2n1)OCc1ccc([N+](=O)[O-])cc1. The summed E-state index contributed by atoms with van der Waals surface area (Å²) in [5.41, 5.74) is 2.32. The van der Waals surface area contributed by atoms with Gasteiger partial charge in [-0.05, 0) is 23.3 Å². The summed E-state index contributed by atoms with van der Waals surface area (Å²) in [6, 6.07) is 15.2. The van der Waals surface area contributed by atoms with E-state index in [1.54, 1.807) is 0 Å². The fourth-order valence-electron chi connectivity index (χ4n) is 2.68. The Balaban J connectivity index is 1.41. The Hall–Kier alpha value is -4.54. The van der Waals surface area contributed by atoms with Crippen LogP contribution >= 0.6 is 0 Å². The van der Waals surface area contributed by atoms with E-state index in [1.165, 1.54) is 30.6 Å². The van der Waals surface area contributed by atoms with Gasteiger partial charge in [-0.25, -0.2) is 9.78 Å². The largest absolute Gasteiger partial charge is 0.471 e. The first kappa shape index (κ1) is 19.8. The molecule has 156 valence electrons.